The number of esters is 1. The molecule has 9 heteroatoms. The van der Waals surface area contributed by atoms with Gasteiger partial charge in [-0.15, -0.1) is 0 Å². The first-order valence-corrected chi connectivity index (χ1v) is 8.36. The Morgan fingerprint density at radius 2 is 2.05 bits per heavy atom. The molecule has 0 aromatic rings. The zero-order valence-corrected chi connectivity index (χ0v) is 14.0. The first-order chi connectivity index (χ1) is 9.76. The normalized spacial score (nSPS) is 21.7. The van der Waals surface area contributed by atoms with Gasteiger partial charge in [-0.25, -0.2) is 4.72 Å². The van der Waals surface area contributed by atoms with E-state index in [0.29, 0.717) is 6.54 Å². The Morgan fingerprint density at radius 1 is 1.38 bits per heavy atom. The molecule has 0 bridgehead atoms. The van der Waals surface area contributed by atoms with Gasteiger partial charge in [-0.05, 0) is 14.1 Å². The average Bonchev–Trinajstić information content (AvgIpc) is 2.45. The van der Waals surface area contributed by atoms with Crippen LogP contribution in [-0.4, -0.2) is 95.5 Å². The summed E-state index contributed by atoms with van der Waals surface area (Å²) in [6, 6.07) is 0.146. The van der Waals surface area contributed by atoms with Gasteiger partial charge in [-0.1, -0.05) is 0 Å². The minimum Gasteiger partial charge on any atom is -0.469 e. The fraction of sp³-hybridized carbons (Fsp3) is 0.917. The van der Waals surface area contributed by atoms with Crippen molar-refractivity contribution >= 4 is 16.2 Å². The van der Waals surface area contributed by atoms with Crippen molar-refractivity contribution in [3.63, 3.8) is 0 Å². The molecule has 8 nitrogen and oxygen atoms in total. The number of rotatable bonds is 7. The van der Waals surface area contributed by atoms with E-state index in [1.807, 2.05) is 14.1 Å². The van der Waals surface area contributed by atoms with Crippen molar-refractivity contribution in [1.29, 1.82) is 0 Å². The molecule has 0 aliphatic carbocycles. The van der Waals surface area contributed by atoms with Gasteiger partial charge in [0.05, 0.1) is 13.5 Å². The van der Waals surface area contributed by atoms with Gasteiger partial charge in [0.2, 0.25) is 0 Å². The van der Waals surface area contributed by atoms with Crippen molar-refractivity contribution in [3.05, 3.63) is 0 Å². The Hall–Kier alpha value is -0.740. The molecule has 1 heterocycles. The largest absolute Gasteiger partial charge is 0.469 e. The Balaban J connectivity index is 2.46. The number of hydrogen-bond donors (Lipinski definition) is 1. The first kappa shape index (κ1) is 18.3. The van der Waals surface area contributed by atoms with Gasteiger partial charge >= 0.3 is 5.97 Å². The number of piperazine rings is 1. The highest BCUT2D eigenvalue weighted by molar-refractivity contribution is 7.87. The maximum Gasteiger partial charge on any atom is 0.306 e. The molecule has 0 aromatic heterocycles. The van der Waals surface area contributed by atoms with Crippen LogP contribution in [0.25, 0.3) is 0 Å². The Labute approximate surface area is 127 Å². The summed E-state index contributed by atoms with van der Waals surface area (Å²) in [6.45, 7) is 3.18. The number of likely N-dealkylation sites (N-methyl/N-ethyl adjacent to an activating group) is 2. The number of carbonyl (C=O) groups is 1. The van der Waals surface area contributed by atoms with Crippen LogP contribution in [0.3, 0.4) is 0 Å². The number of nitrogens with one attached hydrogen (secondary N) is 1. The molecule has 1 atom stereocenters. The zero-order valence-electron chi connectivity index (χ0n) is 13.2. The van der Waals surface area contributed by atoms with Crippen molar-refractivity contribution < 1.29 is 17.9 Å². The average molecular weight is 322 g/mol. The van der Waals surface area contributed by atoms with Crippen molar-refractivity contribution in [2.24, 2.45) is 0 Å². The highest BCUT2D eigenvalue weighted by Crippen LogP contribution is 2.06. The van der Waals surface area contributed by atoms with Gasteiger partial charge in [-0.3, -0.25) is 9.69 Å². The van der Waals surface area contributed by atoms with Gasteiger partial charge in [0.15, 0.2) is 0 Å². The van der Waals surface area contributed by atoms with E-state index in [2.05, 4.69) is 19.3 Å². The SMILES string of the molecule is COC(=O)CCN(C)S(=O)(=O)NCC1CN(C)CCN1C. The number of nitrogens with zero attached hydrogens (tertiary/aromatic N) is 3. The lowest BCUT2D eigenvalue weighted by molar-refractivity contribution is -0.140. The zero-order chi connectivity index (χ0) is 16.0. The van der Waals surface area contributed by atoms with Gasteiger partial charge in [0.1, 0.15) is 0 Å². The monoisotopic (exact) mass is 322 g/mol. The number of carbonyl (C=O) groups excluding carboxylic acids is 1. The molecule has 1 aliphatic rings. The molecule has 1 N–H and O–H groups in total. The summed E-state index contributed by atoms with van der Waals surface area (Å²) >= 11 is 0. The summed E-state index contributed by atoms with van der Waals surface area (Å²) in [6.07, 6.45) is 0.0416. The highest BCUT2D eigenvalue weighted by Gasteiger charge is 2.25. The minimum absolute atomic E-state index is 0.0416. The molecule has 0 aromatic carbocycles. The van der Waals surface area contributed by atoms with E-state index in [1.54, 1.807) is 0 Å². The summed E-state index contributed by atoms with van der Waals surface area (Å²) < 4.78 is 32.4. The van der Waals surface area contributed by atoms with Crippen molar-refractivity contribution in [1.82, 2.24) is 18.8 Å². The summed E-state index contributed by atoms with van der Waals surface area (Å²) in [7, 11) is 3.17. The smallest absolute Gasteiger partial charge is 0.306 e. The molecular weight excluding hydrogens is 296 g/mol. The van der Waals surface area contributed by atoms with Crippen LogP contribution in [0.5, 0.6) is 0 Å². The highest BCUT2D eigenvalue weighted by atomic mass is 32.2. The molecule has 0 radical (unpaired) electrons. The lowest BCUT2D eigenvalue weighted by atomic mass is 10.2. The molecular formula is C12H26N4O4S. The third kappa shape index (κ3) is 5.87. The van der Waals surface area contributed by atoms with Crippen molar-refractivity contribution in [2.75, 3.05) is 61.0 Å². The van der Waals surface area contributed by atoms with Crippen LogP contribution in [-0.2, 0) is 19.7 Å². The van der Waals surface area contributed by atoms with E-state index in [1.165, 1.54) is 14.2 Å². The number of methoxy groups -OCH3 is 1. The molecule has 1 unspecified atom stereocenters. The molecule has 0 amide bonds. The maximum atomic E-state index is 12.1. The second-order valence-electron chi connectivity index (χ2n) is 5.40. The number of hydrogen-bond acceptors (Lipinski definition) is 6. The van der Waals surface area contributed by atoms with Crippen molar-refractivity contribution in [2.45, 2.75) is 12.5 Å². The molecule has 1 aliphatic heterocycles. The number of ether oxygens (including phenoxy) is 1. The summed E-state index contributed by atoms with van der Waals surface area (Å²) in [4.78, 5) is 15.4. The van der Waals surface area contributed by atoms with Gasteiger partial charge < -0.3 is 9.64 Å². The third-order valence-corrected chi connectivity index (χ3v) is 5.29. The summed E-state index contributed by atoms with van der Waals surface area (Å²) in [5.74, 6) is -0.425. The van der Waals surface area contributed by atoms with Crippen LogP contribution in [0.4, 0.5) is 0 Å². The van der Waals surface area contributed by atoms with E-state index < -0.39 is 16.2 Å². The van der Waals surface area contributed by atoms with E-state index in [4.69, 9.17) is 0 Å². The van der Waals surface area contributed by atoms with Crippen LogP contribution >= 0.6 is 0 Å². The van der Waals surface area contributed by atoms with E-state index in [0.717, 1.165) is 23.9 Å². The van der Waals surface area contributed by atoms with Crippen LogP contribution in [0.2, 0.25) is 0 Å². The fourth-order valence-electron chi connectivity index (χ4n) is 2.10. The molecule has 124 valence electrons. The maximum absolute atomic E-state index is 12.1. The van der Waals surface area contributed by atoms with Gasteiger partial charge in [0, 0.05) is 45.8 Å². The topological polar surface area (TPSA) is 82.2 Å². The Morgan fingerprint density at radius 3 is 2.67 bits per heavy atom. The van der Waals surface area contributed by atoms with Crippen LogP contribution in [0.1, 0.15) is 6.42 Å². The first-order valence-electron chi connectivity index (χ1n) is 6.92. The lowest BCUT2D eigenvalue weighted by Crippen LogP contribution is -2.55. The van der Waals surface area contributed by atoms with E-state index in [9.17, 15) is 13.2 Å². The third-order valence-electron chi connectivity index (χ3n) is 3.75. The fourth-order valence-corrected chi connectivity index (χ4v) is 3.06. The molecule has 0 spiro atoms. The van der Waals surface area contributed by atoms with Crippen molar-refractivity contribution in [3.8, 4) is 0 Å². The summed E-state index contributed by atoms with van der Waals surface area (Å²) in [5.41, 5.74) is 0. The predicted octanol–water partition coefficient (Wildman–Crippen LogP) is -1.44. The molecule has 1 rings (SSSR count). The van der Waals surface area contributed by atoms with E-state index in [-0.39, 0.29) is 19.0 Å². The summed E-state index contributed by atoms with van der Waals surface area (Å²) in [5, 5.41) is 0. The standard InChI is InChI=1S/C12H26N4O4S/c1-14-7-8-15(2)11(10-14)9-13-21(18,19)16(3)6-5-12(17)20-4/h11,13H,5-10H2,1-4H3. The quantitative estimate of drug-likeness (QED) is 0.578. The molecule has 21 heavy (non-hydrogen) atoms. The molecule has 1 saturated heterocycles. The van der Waals surface area contributed by atoms with Crippen LogP contribution in [0, 0.1) is 0 Å². The van der Waals surface area contributed by atoms with Gasteiger partial charge in [0.25, 0.3) is 10.2 Å². The molecule has 1 fully saturated rings. The Bertz CT molecular complexity index is 443. The minimum atomic E-state index is -3.57. The second-order valence-corrected chi connectivity index (χ2v) is 7.26. The van der Waals surface area contributed by atoms with Crippen LogP contribution in [0.15, 0.2) is 0 Å². The Kier molecular flexibility index (Phi) is 7.01. The van der Waals surface area contributed by atoms with Gasteiger partial charge in [-0.2, -0.15) is 12.7 Å². The van der Waals surface area contributed by atoms with E-state index >= 15 is 0 Å². The second kappa shape index (κ2) is 8.04. The predicted molar refractivity (Wildman–Crippen MR) is 80.1 cm³/mol. The van der Waals surface area contributed by atoms with Crippen LogP contribution < -0.4 is 4.72 Å². The lowest BCUT2D eigenvalue weighted by Gasteiger charge is -2.37. The molecule has 0 saturated carbocycles.